The molecule has 1 aromatic carbocycles. The summed E-state index contributed by atoms with van der Waals surface area (Å²) in [5.41, 5.74) is 6.79. The average molecular weight is 290 g/mol. The van der Waals surface area contributed by atoms with E-state index in [1.807, 2.05) is 19.1 Å². The molecule has 5 nitrogen and oxygen atoms in total. The van der Waals surface area contributed by atoms with Crippen molar-refractivity contribution in [2.45, 2.75) is 39.7 Å². The van der Waals surface area contributed by atoms with Crippen LogP contribution in [0.15, 0.2) is 29.3 Å². The van der Waals surface area contributed by atoms with Crippen molar-refractivity contribution in [3.8, 4) is 0 Å². The summed E-state index contributed by atoms with van der Waals surface area (Å²) in [6.45, 7) is 6.57. The number of nitrogens with one attached hydrogen (secondary N) is 2. The van der Waals surface area contributed by atoms with E-state index >= 15 is 0 Å². The molecule has 0 aliphatic carbocycles. The van der Waals surface area contributed by atoms with Gasteiger partial charge in [0.1, 0.15) is 0 Å². The lowest BCUT2D eigenvalue weighted by atomic mass is 10.1. The van der Waals surface area contributed by atoms with Crippen LogP contribution in [-0.2, 0) is 6.54 Å². The SMILES string of the molecule is CCCCCNC(=NCc1ccc(C(N)=O)cc1)NCC. The number of nitrogens with two attached hydrogens (primary N) is 1. The van der Waals surface area contributed by atoms with Crippen molar-refractivity contribution >= 4 is 11.9 Å². The van der Waals surface area contributed by atoms with Gasteiger partial charge in [-0.1, -0.05) is 31.9 Å². The van der Waals surface area contributed by atoms with E-state index in [0.717, 1.165) is 31.0 Å². The highest BCUT2D eigenvalue weighted by atomic mass is 16.1. The number of rotatable bonds is 8. The number of carbonyl (C=O) groups is 1. The molecule has 21 heavy (non-hydrogen) atoms. The Labute approximate surface area is 127 Å². The first kappa shape index (κ1) is 17.0. The number of benzene rings is 1. The molecule has 0 fully saturated rings. The average Bonchev–Trinajstić information content (AvgIpc) is 2.49. The molecule has 0 aliphatic heterocycles. The van der Waals surface area contributed by atoms with Gasteiger partial charge in [-0.3, -0.25) is 4.79 Å². The van der Waals surface area contributed by atoms with Gasteiger partial charge in [-0.25, -0.2) is 4.99 Å². The van der Waals surface area contributed by atoms with Gasteiger partial charge in [0.2, 0.25) is 5.91 Å². The summed E-state index contributed by atoms with van der Waals surface area (Å²) in [5, 5.41) is 6.54. The first-order chi connectivity index (χ1) is 10.2. The minimum atomic E-state index is -0.406. The van der Waals surface area contributed by atoms with Crippen molar-refractivity contribution in [2.24, 2.45) is 10.7 Å². The number of amides is 1. The topological polar surface area (TPSA) is 79.5 Å². The fourth-order valence-electron chi connectivity index (χ4n) is 1.87. The fraction of sp³-hybridized carbons (Fsp3) is 0.500. The molecule has 0 unspecified atom stereocenters. The summed E-state index contributed by atoms with van der Waals surface area (Å²) < 4.78 is 0. The van der Waals surface area contributed by atoms with E-state index in [2.05, 4.69) is 22.5 Å². The predicted octanol–water partition coefficient (Wildman–Crippen LogP) is 2.03. The quantitative estimate of drug-likeness (QED) is 0.389. The van der Waals surface area contributed by atoms with E-state index in [1.54, 1.807) is 12.1 Å². The van der Waals surface area contributed by atoms with Gasteiger partial charge in [0.15, 0.2) is 5.96 Å². The first-order valence-electron chi connectivity index (χ1n) is 7.58. The van der Waals surface area contributed by atoms with Gasteiger partial charge in [0.25, 0.3) is 0 Å². The molecule has 116 valence electrons. The summed E-state index contributed by atoms with van der Waals surface area (Å²) in [6.07, 6.45) is 3.58. The van der Waals surface area contributed by atoms with Crippen LogP contribution in [0.2, 0.25) is 0 Å². The molecule has 1 aromatic rings. The van der Waals surface area contributed by atoms with Gasteiger partial charge >= 0.3 is 0 Å². The largest absolute Gasteiger partial charge is 0.366 e. The van der Waals surface area contributed by atoms with E-state index in [0.29, 0.717) is 12.1 Å². The maximum absolute atomic E-state index is 11.0. The van der Waals surface area contributed by atoms with Crippen LogP contribution >= 0.6 is 0 Å². The third kappa shape index (κ3) is 6.79. The Morgan fingerprint density at radius 1 is 1.14 bits per heavy atom. The zero-order valence-electron chi connectivity index (χ0n) is 13.0. The van der Waals surface area contributed by atoms with Crippen LogP contribution in [0.5, 0.6) is 0 Å². The van der Waals surface area contributed by atoms with Crippen LogP contribution in [0, 0.1) is 0 Å². The number of guanidine groups is 1. The van der Waals surface area contributed by atoms with Crippen LogP contribution in [0.1, 0.15) is 49.0 Å². The van der Waals surface area contributed by atoms with Crippen LogP contribution < -0.4 is 16.4 Å². The lowest BCUT2D eigenvalue weighted by Gasteiger charge is -2.11. The van der Waals surface area contributed by atoms with Crippen molar-refractivity contribution in [1.29, 1.82) is 0 Å². The highest BCUT2D eigenvalue weighted by molar-refractivity contribution is 5.92. The molecule has 5 heteroatoms. The molecule has 0 aromatic heterocycles. The molecule has 0 heterocycles. The van der Waals surface area contributed by atoms with Gasteiger partial charge in [-0.2, -0.15) is 0 Å². The van der Waals surface area contributed by atoms with Crippen molar-refractivity contribution in [3.63, 3.8) is 0 Å². The van der Waals surface area contributed by atoms with Crippen molar-refractivity contribution in [3.05, 3.63) is 35.4 Å². The number of hydrogen-bond acceptors (Lipinski definition) is 2. The van der Waals surface area contributed by atoms with Crippen molar-refractivity contribution in [1.82, 2.24) is 10.6 Å². The normalized spacial score (nSPS) is 11.2. The van der Waals surface area contributed by atoms with Crippen molar-refractivity contribution < 1.29 is 4.79 Å². The number of hydrogen-bond donors (Lipinski definition) is 3. The van der Waals surface area contributed by atoms with Gasteiger partial charge in [-0.15, -0.1) is 0 Å². The Morgan fingerprint density at radius 2 is 1.86 bits per heavy atom. The van der Waals surface area contributed by atoms with Gasteiger partial charge in [0, 0.05) is 18.7 Å². The molecule has 0 radical (unpaired) electrons. The summed E-state index contributed by atoms with van der Waals surface area (Å²) in [7, 11) is 0. The van der Waals surface area contributed by atoms with E-state index in [1.165, 1.54) is 12.8 Å². The minimum Gasteiger partial charge on any atom is -0.366 e. The zero-order valence-corrected chi connectivity index (χ0v) is 13.0. The molecule has 4 N–H and O–H groups in total. The molecule has 0 bridgehead atoms. The second-order valence-electron chi connectivity index (χ2n) is 4.89. The lowest BCUT2D eigenvalue weighted by Crippen LogP contribution is -2.37. The maximum atomic E-state index is 11.0. The molecular weight excluding hydrogens is 264 g/mol. The first-order valence-corrected chi connectivity index (χ1v) is 7.58. The molecule has 0 aliphatic rings. The minimum absolute atomic E-state index is 0.406. The summed E-state index contributed by atoms with van der Waals surface area (Å²) in [4.78, 5) is 15.5. The Kier molecular flexibility index (Phi) is 7.94. The summed E-state index contributed by atoms with van der Waals surface area (Å²) >= 11 is 0. The Hall–Kier alpha value is -2.04. The standard InChI is InChI=1S/C16H26N4O/c1-3-5-6-11-19-16(18-4-2)20-12-13-7-9-14(10-8-13)15(17)21/h7-10H,3-6,11-12H2,1-2H3,(H2,17,21)(H2,18,19,20). The third-order valence-corrected chi connectivity index (χ3v) is 3.08. The van der Waals surface area contributed by atoms with E-state index in [-0.39, 0.29) is 0 Å². The van der Waals surface area contributed by atoms with Gasteiger partial charge < -0.3 is 16.4 Å². The van der Waals surface area contributed by atoms with E-state index in [9.17, 15) is 4.79 Å². The highest BCUT2D eigenvalue weighted by Crippen LogP contribution is 2.05. The fourth-order valence-corrected chi connectivity index (χ4v) is 1.87. The Bertz CT molecular complexity index is 454. The summed E-state index contributed by atoms with van der Waals surface area (Å²) in [6, 6.07) is 7.22. The van der Waals surface area contributed by atoms with Crippen LogP contribution in [0.4, 0.5) is 0 Å². The summed E-state index contributed by atoms with van der Waals surface area (Å²) in [5.74, 6) is 0.420. The second kappa shape index (κ2) is 9.80. The smallest absolute Gasteiger partial charge is 0.248 e. The maximum Gasteiger partial charge on any atom is 0.248 e. The molecular formula is C16H26N4O. The molecule has 0 saturated carbocycles. The monoisotopic (exact) mass is 290 g/mol. The second-order valence-corrected chi connectivity index (χ2v) is 4.89. The molecule has 1 rings (SSSR count). The predicted molar refractivity (Wildman–Crippen MR) is 87.3 cm³/mol. The number of unbranched alkanes of at least 4 members (excludes halogenated alkanes) is 2. The molecule has 1 amide bonds. The molecule has 0 spiro atoms. The Balaban J connectivity index is 2.53. The van der Waals surface area contributed by atoms with Gasteiger partial charge in [-0.05, 0) is 31.0 Å². The van der Waals surface area contributed by atoms with E-state index in [4.69, 9.17) is 5.73 Å². The number of nitrogens with zero attached hydrogens (tertiary/aromatic N) is 1. The third-order valence-electron chi connectivity index (χ3n) is 3.08. The van der Waals surface area contributed by atoms with E-state index < -0.39 is 5.91 Å². The zero-order chi connectivity index (χ0) is 15.5. The Morgan fingerprint density at radius 3 is 2.43 bits per heavy atom. The number of carbonyl (C=O) groups excluding carboxylic acids is 1. The van der Waals surface area contributed by atoms with Crippen molar-refractivity contribution in [2.75, 3.05) is 13.1 Å². The molecule has 0 saturated heterocycles. The lowest BCUT2D eigenvalue weighted by molar-refractivity contribution is 0.100. The van der Waals surface area contributed by atoms with Crippen LogP contribution in [-0.4, -0.2) is 25.0 Å². The number of aliphatic imine (C=N–C) groups is 1. The molecule has 0 atom stereocenters. The van der Waals surface area contributed by atoms with Crippen LogP contribution in [0.25, 0.3) is 0 Å². The van der Waals surface area contributed by atoms with Crippen LogP contribution in [0.3, 0.4) is 0 Å². The van der Waals surface area contributed by atoms with Gasteiger partial charge in [0.05, 0.1) is 6.54 Å². The number of primary amides is 1. The highest BCUT2D eigenvalue weighted by Gasteiger charge is 2.00.